The summed E-state index contributed by atoms with van der Waals surface area (Å²) in [5, 5.41) is 8.63. The van der Waals surface area contributed by atoms with Gasteiger partial charge in [0.1, 0.15) is 0 Å². The van der Waals surface area contributed by atoms with E-state index in [1.54, 1.807) is 0 Å². The summed E-state index contributed by atoms with van der Waals surface area (Å²) in [5.41, 5.74) is 2.79. The van der Waals surface area contributed by atoms with E-state index in [2.05, 4.69) is 36.4 Å². The van der Waals surface area contributed by atoms with E-state index in [9.17, 15) is 0 Å². The van der Waals surface area contributed by atoms with Crippen LogP contribution in [0.15, 0.2) is 36.4 Å². The van der Waals surface area contributed by atoms with Crippen molar-refractivity contribution in [2.75, 3.05) is 0 Å². The first-order valence-electron chi connectivity index (χ1n) is 5.51. The minimum Gasteiger partial charge on any atom is -0.198 e. The van der Waals surface area contributed by atoms with Crippen LogP contribution >= 0.6 is 0 Å². The largest absolute Gasteiger partial charge is 0.198 e. The number of nitriles is 1. The van der Waals surface area contributed by atoms with Gasteiger partial charge >= 0.3 is 0 Å². The number of benzene rings is 1. The lowest BCUT2D eigenvalue weighted by Gasteiger charge is -2.19. The second-order valence-electron chi connectivity index (χ2n) is 4.10. The normalized spacial score (nSPS) is 20.5. The number of rotatable bonds is 2. The van der Waals surface area contributed by atoms with E-state index in [4.69, 9.17) is 5.26 Å². The molecule has 0 N–H and O–H groups in total. The van der Waals surface area contributed by atoms with Crippen LogP contribution in [0.2, 0.25) is 0 Å². The zero-order valence-corrected chi connectivity index (χ0v) is 8.82. The van der Waals surface area contributed by atoms with Gasteiger partial charge in [-0.1, -0.05) is 36.4 Å². The third-order valence-electron chi connectivity index (χ3n) is 3.04. The maximum Gasteiger partial charge on any atom is 0.0624 e. The highest BCUT2D eigenvalue weighted by atomic mass is 14.3. The minimum absolute atomic E-state index is 0.586. The summed E-state index contributed by atoms with van der Waals surface area (Å²) in [4.78, 5) is 0. The van der Waals surface area contributed by atoms with Crippen molar-refractivity contribution in [3.05, 3.63) is 42.0 Å². The summed E-state index contributed by atoms with van der Waals surface area (Å²) in [6.07, 6.45) is 6.36. The molecule has 0 saturated carbocycles. The van der Waals surface area contributed by atoms with Crippen molar-refractivity contribution in [2.45, 2.75) is 25.7 Å². The Morgan fingerprint density at radius 3 is 2.67 bits per heavy atom. The van der Waals surface area contributed by atoms with E-state index in [-0.39, 0.29) is 0 Å². The predicted octanol–water partition coefficient (Wildman–Crippen LogP) is 3.78. The van der Waals surface area contributed by atoms with Gasteiger partial charge in [-0.3, -0.25) is 0 Å². The second-order valence-corrected chi connectivity index (χ2v) is 4.10. The fourth-order valence-electron chi connectivity index (χ4n) is 2.12. The summed E-state index contributed by atoms with van der Waals surface area (Å²) in [6.45, 7) is 0. The zero-order chi connectivity index (χ0) is 10.5. The molecule has 1 heteroatoms. The quantitative estimate of drug-likeness (QED) is 0.707. The smallest absolute Gasteiger partial charge is 0.0624 e. The summed E-state index contributed by atoms with van der Waals surface area (Å²) in [6, 6.07) is 12.8. The molecule has 1 aromatic carbocycles. The molecule has 0 fully saturated rings. The van der Waals surface area contributed by atoms with Crippen molar-refractivity contribution in [2.24, 2.45) is 5.92 Å². The van der Waals surface area contributed by atoms with Crippen molar-refractivity contribution in [3.8, 4) is 6.07 Å². The monoisotopic (exact) mass is 197 g/mol. The van der Waals surface area contributed by atoms with E-state index < -0.39 is 0 Å². The lowest BCUT2D eigenvalue weighted by Crippen LogP contribution is -2.04. The average Bonchev–Trinajstić information content (AvgIpc) is 2.32. The molecule has 0 amide bonds. The van der Waals surface area contributed by atoms with Gasteiger partial charge in [0.2, 0.25) is 0 Å². The van der Waals surface area contributed by atoms with Gasteiger partial charge in [-0.05, 0) is 36.3 Å². The third kappa shape index (κ3) is 2.47. The molecule has 0 saturated heterocycles. The van der Waals surface area contributed by atoms with Crippen LogP contribution in [0, 0.1) is 17.2 Å². The van der Waals surface area contributed by atoms with E-state index in [0.717, 1.165) is 19.3 Å². The Morgan fingerprint density at radius 2 is 2.07 bits per heavy atom. The van der Waals surface area contributed by atoms with Gasteiger partial charge in [0.25, 0.3) is 0 Å². The Morgan fingerprint density at radius 1 is 1.27 bits per heavy atom. The fraction of sp³-hybridized carbons (Fsp3) is 0.357. The van der Waals surface area contributed by atoms with Crippen LogP contribution in [0.25, 0.3) is 5.57 Å². The highest BCUT2D eigenvalue weighted by Crippen LogP contribution is 2.31. The van der Waals surface area contributed by atoms with Crippen molar-refractivity contribution in [1.82, 2.24) is 0 Å². The molecular weight excluding hydrogens is 182 g/mol. The highest BCUT2D eigenvalue weighted by molar-refractivity contribution is 5.66. The maximum absolute atomic E-state index is 8.63. The Hall–Kier alpha value is -1.55. The van der Waals surface area contributed by atoms with Crippen LogP contribution in [-0.4, -0.2) is 0 Å². The SMILES string of the molecule is N#CCC1CC=C(c2ccccc2)CC1. The lowest BCUT2D eigenvalue weighted by atomic mass is 9.85. The van der Waals surface area contributed by atoms with Crippen LogP contribution in [0.3, 0.4) is 0 Å². The first kappa shape index (κ1) is 9.98. The van der Waals surface area contributed by atoms with E-state index in [1.807, 2.05) is 6.07 Å². The van der Waals surface area contributed by atoms with Crippen LogP contribution < -0.4 is 0 Å². The fourth-order valence-corrected chi connectivity index (χ4v) is 2.12. The molecule has 0 aromatic heterocycles. The van der Waals surface area contributed by atoms with Gasteiger partial charge in [0.15, 0.2) is 0 Å². The molecule has 1 aromatic rings. The molecule has 1 aliphatic rings. The molecule has 1 unspecified atom stereocenters. The summed E-state index contributed by atoms with van der Waals surface area (Å²) >= 11 is 0. The van der Waals surface area contributed by atoms with Gasteiger partial charge in [0.05, 0.1) is 6.07 Å². The van der Waals surface area contributed by atoms with Gasteiger partial charge in [0, 0.05) is 6.42 Å². The number of nitrogens with zero attached hydrogens (tertiary/aromatic N) is 1. The molecular formula is C14H15N. The Bertz CT molecular complexity index is 384. The molecule has 1 nitrogen and oxygen atoms in total. The Balaban J connectivity index is 2.06. The molecule has 0 bridgehead atoms. The predicted molar refractivity (Wildman–Crippen MR) is 62.0 cm³/mol. The summed E-state index contributed by atoms with van der Waals surface area (Å²) in [7, 11) is 0. The molecule has 0 spiro atoms. The lowest BCUT2D eigenvalue weighted by molar-refractivity contribution is 0.496. The maximum atomic E-state index is 8.63. The zero-order valence-electron chi connectivity index (χ0n) is 8.82. The number of allylic oxidation sites excluding steroid dienone is 2. The molecule has 2 rings (SSSR count). The van der Waals surface area contributed by atoms with Crippen molar-refractivity contribution in [3.63, 3.8) is 0 Å². The molecule has 1 atom stereocenters. The van der Waals surface area contributed by atoms with Crippen molar-refractivity contribution >= 4 is 5.57 Å². The molecule has 1 aliphatic carbocycles. The average molecular weight is 197 g/mol. The summed E-state index contributed by atoms with van der Waals surface area (Å²) < 4.78 is 0. The number of hydrogen-bond donors (Lipinski definition) is 0. The van der Waals surface area contributed by atoms with Gasteiger partial charge in [-0.2, -0.15) is 5.26 Å². The molecule has 15 heavy (non-hydrogen) atoms. The molecule has 0 aliphatic heterocycles. The standard InChI is InChI=1S/C14H15N/c15-11-10-12-6-8-14(9-7-12)13-4-2-1-3-5-13/h1-5,8,12H,6-7,9-10H2. The van der Waals surface area contributed by atoms with E-state index >= 15 is 0 Å². The summed E-state index contributed by atoms with van der Waals surface area (Å²) in [5.74, 6) is 0.586. The van der Waals surface area contributed by atoms with Crippen LogP contribution in [-0.2, 0) is 0 Å². The van der Waals surface area contributed by atoms with Crippen molar-refractivity contribution in [1.29, 1.82) is 5.26 Å². The van der Waals surface area contributed by atoms with Gasteiger partial charge in [-0.25, -0.2) is 0 Å². The van der Waals surface area contributed by atoms with Gasteiger partial charge < -0.3 is 0 Å². The van der Waals surface area contributed by atoms with Crippen LogP contribution in [0.5, 0.6) is 0 Å². The highest BCUT2D eigenvalue weighted by Gasteiger charge is 2.14. The topological polar surface area (TPSA) is 23.8 Å². The number of hydrogen-bond acceptors (Lipinski definition) is 1. The van der Waals surface area contributed by atoms with Crippen LogP contribution in [0.4, 0.5) is 0 Å². The first-order chi connectivity index (χ1) is 7.40. The Labute approximate surface area is 91.0 Å². The van der Waals surface area contributed by atoms with Crippen molar-refractivity contribution < 1.29 is 0 Å². The Kier molecular flexibility index (Phi) is 3.19. The molecule has 76 valence electrons. The third-order valence-corrected chi connectivity index (χ3v) is 3.04. The second kappa shape index (κ2) is 4.79. The van der Waals surface area contributed by atoms with Gasteiger partial charge in [-0.15, -0.1) is 0 Å². The van der Waals surface area contributed by atoms with E-state index in [0.29, 0.717) is 12.3 Å². The molecule has 0 heterocycles. The van der Waals surface area contributed by atoms with E-state index in [1.165, 1.54) is 11.1 Å². The van der Waals surface area contributed by atoms with Crippen LogP contribution in [0.1, 0.15) is 31.2 Å². The first-order valence-corrected chi connectivity index (χ1v) is 5.51. The molecule has 0 radical (unpaired) electrons. The minimum atomic E-state index is 0.586.